The van der Waals surface area contributed by atoms with E-state index in [9.17, 15) is 4.79 Å². The van der Waals surface area contributed by atoms with Crippen LogP contribution in [0.1, 0.15) is 29.7 Å². The molecule has 0 saturated carbocycles. The Balaban J connectivity index is 1.36. The molecule has 0 radical (unpaired) electrons. The summed E-state index contributed by atoms with van der Waals surface area (Å²) in [7, 11) is 3.82. The molecule has 3 atom stereocenters. The van der Waals surface area contributed by atoms with Gasteiger partial charge in [0.05, 0.1) is 18.7 Å². The molecule has 3 unspecified atom stereocenters. The Labute approximate surface area is 184 Å². The van der Waals surface area contributed by atoms with Crippen molar-refractivity contribution in [3.8, 4) is 5.75 Å². The molecule has 30 heavy (non-hydrogen) atoms. The summed E-state index contributed by atoms with van der Waals surface area (Å²) in [6, 6.07) is 10.3. The van der Waals surface area contributed by atoms with Gasteiger partial charge in [0.2, 0.25) is 5.91 Å². The largest absolute Gasteiger partial charge is 0.495 e. The Bertz CT molecular complexity index is 868. The van der Waals surface area contributed by atoms with Crippen LogP contribution in [-0.4, -0.2) is 55.5 Å². The Morgan fingerprint density at radius 3 is 2.87 bits per heavy atom. The zero-order chi connectivity index (χ0) is 21.1. The van der Waals surface area contributed by atoms with Crippen molar-refractivity contribution < 1.29 is 9.53 Å². The van der Waals surface area contributed by atoms with E-state index in [2.05, 4.69) is 40.5 Å². The number of nitrogens with zero attached hydrogens (tertiary/aromatic N) is 2. The van der Waals surface area contributed by atoms with Gasteiger partial charge in [0.1, 0.15) is 5.75 Å². The molecule has 6 heteroatoms. The monoisotopic (exact) mass is 427 g/mol. The second-order valence-electron chi connectivity index (χ2n) is 8.79. The lowest BCUT2D eigenvalue weighted by Crippen LogP contribution is -2.43. The molecule has 0 aliphatic carbocycles. The average molecular weight is 428 g/mol. The van der Waals surface area contributed by atoms with E-state index >= 15 is 0 Å². The van der Waals surface area contributed by atoms with E-state index in [0.717, 1.165) is 31.7 Å². The minimum absolute atomic E-state index is 0.0276. The van der Waals surface area contributed by atoms with E-state index in [1.807, 2.05) is 35.6 Å². The number of carbonyl (C=O) groups excluding carboxylic acids is 1. The molecule has 1 N–H and O–H groups in total. The number of hydrogen-bond donors (Lipinski definition) is 1. The number of methoxy groups -OCH3 is 1. The predicted molar refractivity (Wildman–Crippen MR) is 123 cm³/mol. The van der Waals surface area contributed by atoms with Crippen molar-refractivity contribution in [2.75, 3.05) is 39.1 Å². The average Bonchev–Trinajstić information content (AvgIpc) is 3.34. The second kappa shape index (κ2) is 9.50. The van der Waals surface area contributed by atoms with Gasteiger partial charge in [0, 0.05) is 30.6 Å². The molecule has 162 valence electrons. The van der Waals surface area contributed by atoms with Gasteiger partial charge in [-0.1, -0.05) is 12.1 Å². The van der Waals surface area contributed by atoms with Crippen LogP contribution in [0.25, 0.3) is 0 Å². The lowest BCUT2D eigenvalue weighted by atomic mass is 9.87. The fourth-order valence-electron chi connectivity index (χ4n) is 5.07. The van der Waals surface area contributed by atoms with Crippen LogP contribution in [0.3, 0.4) is 0 Å². The third kappa shape index (κ3) is 4.71. The molecule has 2 aliphatic rings. The molecule has 2 aromatic rings. The van der Waals surface area contributed by atoms with Gasteiger partial charge in [0.25, 0.3) is 0 Å². The van der Waals surface area contributed by atoms with Crippen molar-refractivity contribution in [2.24, 2.45) is 11.8 Å². The van der Waals surface area contributed by atoms with Crippen molar-refractivity contribution in [3.63, 3.8) is 0 Å². The Morgan fingerprint density at radius 1 is 1.27 bits per heavy atom. The van der Waals surface area contributed by atoms with Crippen molar-refractivity contribution in [3.05, 3.63) is 46.2 Å². The van der Waals surface area contributed by atoms with Crippen molar-refractivity contribution in [1.82, 2.24) is 9.80 Å². The molecule has 2 saturated heterocycles. The first-order chi connectivity index (χ1) is 14.5. The van der Waals surface area contributed by atoms with Gasteiger partial charge in [-0.3, -0.25) is 9.69 Å². The number of carbonyl (C=O) groups is 1. The lowest BCUT2D eigenvalue weighted by Gasteiger charge is -2.38. The van der Waals surface area contributed by atoms with Gasteiger partial charge in [-0.15, -0.1) is 11.3 Å². The van der Waals surface area contributed by atoms with E-state index in [1.165, 1.54) is 29.8 Å². The fourth-order valence-corrected chi connectivity index (χ4v) is 6.02. The van der Waals surface area contributed by atoms with Crippen molar-refractivity contribution >= 4 is 22.9 Å². The molecule has 0 bridgehead atoms. The predicted octanol–water partition coefficient (Wildman–Crippen LogP) is 4.24. The summed E-state index contributed by atoms with van der Waals surface area (Å²) in [6.07, 6.45) is 3.45. The number of piperidine rings is 1. The topological polar surface area (TPSA) is 44.8 Å². The second-order valence-corrected chi connectivity index (χ2v) is 9.79. The third-order valence-electron chi connectivity index (χ3n) is 6.76. The number of aryl methyl sites for hydroxylation is 1. The molecule has 1 aromatic carbocycles. The third-order valence-corrected chi connectivity index (χ3v) is 7.77. The molecule has 3 heterocycles. The summed E-state index contributed by atoms with van der Waals surface area (Å²) in [5, 5.41) is 5.29. The minimum Gasteiger partial charge on any atom is -0.495 e. The molecule has 1 aromatic heterocycles. The number of hydrogen-bond acceptors (Lipinski definition) is 5. The number of amides is 1. The fraction of sp³-hybridized carbons (Fsp3) is 0.542. The van der Waals surface area contributed by atoms with Crippen LogP contribution < -0.4 is 10.1 Å². The van der Waals surface area contributed by atoms with Crippen molar-refractivity contribution in [1.29, 1.82) is 0 Å². The van der Waals surface area contributed by atoms with E-state index in [-0.39, 0.29) is 11.8 Å². The van der Waals surface area contributed by atoms with Crippen LogP contribution in [0.4, 0.5) is 5.69 Å². The molecular formula is C24H33N3O2S. The zero-order valence-electron chi connectivity index (χ0n) is 18.3. The highest BCUT2D eigenvalue weighted by Gasteiger charge is 2.39. The van der Waals surface area contributed by atoms with Crippen LogP contribution in [0.15, 0.2) is 35.7 Å². The smallest absolute Gasteiger partial charge is 0.228 e. The summed E-state index contributed by atoms with van der Waals surface area (Å²) in [6.45, 7) is 6.42. The van der Waals surface area contributed by atoms with Gasteiger partial charge < -0.3 is 15.0 Å². The first-order valence-electron chi connectivity index (χ1n) is 10.9. The molecule has 2 aliphatic heterocycles. The van der Waals surface area contributed by atoms with Crippen LogP contribution in [0.5, 0.6) is 5.75 Å². The van der Waals surface area contributed by atoms with Gasteiger partial charge in [0.15, 0.2) is 0 Å². The molecule has 1 amide bonds. The van der Waals surface area contributed by atoms with Crippen LogP contribution in [0, 0.1) is 18.8 Å². The summed E-state index contributed by atoms with van der Waals surface area (Å²) in [5.41, 5.74) is 2.17. The number of nitrogens with one attached hydrogen (secondary N) is 1. The van der Waals surface area contributed by atoms with Gasteiger partial charge in [-0.2, -0.15) is 0 Å². The van der Waals surface area contributed by atoms with Crippen molar-refractivity contribution in [2.45, 2.75) is 38.8 Å². The first kappa shape index (κ1) is 21.3. The molecule has 5 nitrogen and oxygen atoms in total. The van der Waals surface area contributed by atoms with Crippen LogP contribution in [0.2, 0.25) is 0 Å². The molecule has 2 fully saturated rings. The minimum atomic E-state index is 0.0276. The first-order valence-corrected chi connectivity index (χ1v) is 11.8. The molecular weight excluding hydrogens is 394 g/mol. The van der Waals surface area contributed by atoms with E-state index in [1.54, 1.807) is 7.11 Å². The quantitative estimate of drug-likeness (QED) is 0.749. The van der Waals surface area contributed by atoms with Gasteiger partial charge in [-0.05, 0) is 74.8 Å². The SMILES string of the molecule is COc1ccccc1NC(=O)C1CC(C2CCCN(Cc3sccc3C)C2)N(C)C1. The van der Waals surface area contributed by atoms with Gasteiger partial charge in [-0.25, -0.2) is 0 Å². The summed E-state index contributed by atoms with van der Waals surface area (Å²) < 4.78 is 5.38. The normalized spacial score (nSPS) is 25.4. The molecule has 4 rings (SSSR count). The highest BCUT2D eigenvalue weighted by molar-refractivity contribution is 7.10. The van der Waals surface area contributed by atoms with Crippen LogP contribution in [-0.2, 0) is 11.3 Å². The number of benzene rings is 1. The maximum absolute atomic E-state index is 13.0. The number of para-hydroxylation sites is 2. The summed E-state index contributed by atoms with van der Waals surface area (Å²) in [5.74, 6) is 1.48. The maximum Gasteiger partial charge on any atom is 0.228 e. The highest BCUT2D eigenvalue weighted by Crippen LogP contribution is 2.34. The number of ether oxygens (including phenoxy) is 1. The number of likely N-dealkylation sites (tertiary alicyclic amines) is 2. The van der Waals surface area contributed by atoms with Gasteiger partial charge >= 0.3 is 0 Å². The standard InChI is InChI=1S/C24H33N3O2S/c1-17-10-12-30-23(17)16-27-11-6-7-18(15-27)21-13-19(14-26(21)2)24(28)25-20-8-4-5-9-22(20)29-3/h4-5,8-10,12,18-19,21H,6-7,11,13-16H2,1-3H3,(H,25,28). The van der Waals surface area contributed by atoms with E-state index < -0.39 is 0 Å². The summed E-state index contributed by atoms with van der Waals surface area (Å²) in [4.78, 5) is 19.5. The number of thiophene rings is 1. The Morgan fingerprint density at radius 2 is 2.10 bits per heavy atom. The van der Waals surface area contributed by atoms with E-state index in [4.69, 9.17) is 4.74 Å². The maximum atomic E-state index is 13.0. The van der Waals surface area contributed by atoms with Crippen LogP contribution >= 0.6 is 11.3 Å². The van der Waals surface area contributed by atoms with E-state index in [0.29, 0.717) is 17.7 Å². The number of rotatable bonds is 6. The molecule has 0 spiro atoms. The number of anilines is 1. The highest BCUT2D eigenvalue weighted by atomic mass is 32.1. The lowest BCUT2D eigenvalue weighted by molar-refractivity contribution is -0.119. The summed E-state index contributed by atoms with van der Waals surface area (Å²) >= 11 is 1.87. The zero-order valence-corrected chi connectivity index (χ0v) is 19.1. The Kier molecular flexibility index (Phi) is 6.76. The Hall–Kier alpha value is -1.89.